The van der Waals surface area contributed by atoms with Gasteiger partial charge in [-0.3, -0.25) is 9.59 Å². The number of fused-ring (bicyclic) bond motifs is 1. The molecule has 0 bridgehead atoms. The number of hydrogen-bond acceptors (Lipinski definition) is 5. The van der Waals surface area contributed by atoms with Gasteiger partial charge in [-0.1, -0.05) is 54.1 Å². The van der Waals surface area contributed by atoms with E-state index in [4.69, 9.17) is 16.3 Å². The number of aromatic nitrogens is 1. The highest BCUT2D eigenvalue weighted by atomic mass is 35.5. The van der Waals surface area contributed by atoms with E-state index in [0.717, 1.165) is 15.6 Å². The molecular weight excluding hydrogens is 546 g/mol. The summed E-state index contributed by atoms with van der Waals surface area (Å²) in [6.07, 6.45) is 3.89. The van der Waals surface area contributed by atoms with E-state index in [9.17, 15) is 9.59 Å². The molecule has 0 aliphatic heterocycles. The summed E-state index contributed by atoms with van der Waals surface area (Å²) in [6, 6.07) is 25.4. The van der Waals surface area contributed by atoms with Gasteiger partial charge in [-0.15, -0.1) is 23.1 Å². The fraction of sp³-hybridized carbons (Fsp3) is 0.156. The van der Waals surface area contributed by atoms with Crippen molar-refractivity contribution in [2.45, 2.75) is 30.2 Å². The molecule has 0 unspecified atom stereocenters. The Kier molecular flexibility index (Phi) is 8.46. The van der Waals surface area contributed by atoms with Gasteiger partial charge < -0.3 is 4.74 Å². The lowest BCUT2D eigenvalue weighted by Crippen LogP contribution is -2.31. The lowest BCUT2D eigenvalue weighted by atomic mass is 10.0. The SMILES string of the molecule is CCOC(=O)Cc1c(C(=O)c2ccc(Cl)cc2)sc(SCc2c(C)ccc3ccccc23)c1-[n+]1ccccc1. The number of benzene rings is 3. The topological polar surface area (TPSA) is 47.3 Å². The van der Waals surface area contributed by atoms with E-state index in [1.807, 2.05) is 41.2 Å². The minimum Gasteiger partial charge on any atom is -0.466 e. The average molecular weight is 573 g/mol. The number of esters is 1. The molecule has 0 amide bonds. The van der Waals surface area contributed by atoms with E-state index < -0.39 is 0 Å². The summed E-state index contributed by atoms with van der Waals surface area (Å²) in [7, 11) is 0. The van der Waals surface area contributed by atoms with E-state index in [1.165, 1.54) is 33.2 Å². The highest BCUT2D eigenvalue weighted by molar-refractivity contribution is 8.00. The molecule has 5 aromatic rings. The first-order chi connectivity index (χ1) is 19.0. The van der Waals surface area contributed by atoms with E-state index in [2.05, 4.69) is 37.3 Å². The van der Waals surface area contributed by atoms with Crippen molar-refractivity contribution in [3.05, 3.63) is 123 Å². The summed E-state index contributed by atoms with van der Waals surface area (Å²) in [6.45, 7) is 4.19. The minimum absolute atomic E-state index is 0.00405. The average Bonchev–Trinajstić information content (AvgIpc) is 3.30. The van der Waals surface area contributed by atoms with Crippen LogP contribution in [0.3, 0.4) is 0 Å². The summed E-state index contributed by atoms with van der Waals surface area (Å²) in [5.74, 6) is 0.225. The van der Waals surface area contributed by atoms with E-state index in [-0.39, 0.29) is 24.8 Å². The number of halogens is 1. The van der Waals surface area contributed by atoms with Crippen LogP contribution in [0.25, 0.3) is 16.5 Å². The summed E-state index contributed by atoms with van der Waals surface area (Å²) < 4.78 is 8.27. The Morgan fingerprint density at radius 3 is 2.41 bits per heavy atom. The van der Waals surface area contributed by atoms with E-state index >= 15 is 0 Å². The smallest absolute Gasteiger partial charge is 0.310 e. The van der Waals surface area contributed by atoms with Crippen LogP contribution in [-0.2, 0) is 21.7 Å². The Morgan fingerprint density at radius 2 is 1.67 bits per heavy atom. The minimum atomic E-state index is -0.361. The third-order valence-corrected chi connectivity index (χ3v) is 9.24. The normalized spacial score (nSPS) is 11.1. The molecule has 0 saturated carbocycles. The van der Waals surface area contributed by atoms with Crippen LogP contribution < -0.4 is 4.57 Å². The molecule has 0 radical (unpaired) electrons. The predicted molar refractivity (Wildman–Crippen MR) is 159 cm³/mol. The lowest BCUT2D eigenvalue weighted by Gasteiger charge is -2.10. The number of thioether (sulfide) groups is 1. The second-order valence-electron chi connectivity index (χ2n) is 9.02. The van der Waals surface area contributed by atoms with Gasteiger partial charge >= 0.3 is 5.97 Å². The van der Waals surface area contributed by atoms with Gasteiger partial charge in [0.1, 0.15) is 4.21 Å². The maximum atomic E-state index is 13.8. The third kappa shape index (κ3) is 5.93. The zero-order valence-electron chi connectivity index (χ0n) is 21.6. The van der Waals surface area contributed by atoms with Crippen molar-refractivity contribution in [1.82, 2.24) is 0 Å². The molecule has 3 aromatic carbocycles. The zero-order valence-corrected chi connectivity index (χ0v) is 24.0. The van der Waals surface area contributed by atoms with Crippen molar-refractivity contribution in [3.8, 4) is 5.69 Å². The highest BCUT2D eigenvalue weighted by Gasteiger charge is 2.31. The summed E-state index contributed by atoms with van der Waals surface area (Å²) >= 11 is 9.20. The standard InChI is InChI=1S/C32H27ClNO3S2/c1-3-37-28(35)19-26-29(34-17-7-4-8-18-34)32(39-31(26)30(36)23-13-15-24(33)16-14-23)38-20-27-21(2)11-12-22-9-5-6-10-25(22)27/h4-18H,3,19-20H2,1-2H3/q+1. The van der Waals surface area contributed by atoms with Crippen molar-refractivity contribution in [3.63, 3.8) is 0 Å². The molecule has 0 spiro atoms. The molecule has 5 rings (SSSR count). The zero-order chi connectivity index (χ0) is 27.4. The number of aryl methyl sites for hydroxylation is 1. The van der Waals surface area contributed by atoms with Gasteiger partial charge in [0, 0.05) is 28.5 Å². The van der Waals surface area contributed by atoms with Gasteiger partial charge in [0.25, 0.3) is 0 Å². The van der Waals surface area contributed by atoms with Gasteiger partial charge in [0.2, 0.25) is 11.5 Å². The molecule has 0 atom stereocenters. The number of pyridine rings is 1. The Balaban J connectivity index is 1.64. The van der Waals surface area contributed by atoms with Crippen molar-refractivity contribution in [2.24, 2.45) is 0 Å². The fourth-order valence-corrected chi connectivity index (χ4v) is 7.38. The molecule has 0 fully saturated rings. The molecule has 0 aliphatic rings. The Morgan fingerprint density at radius 1 is 0.923 bits per heavy atom. The monoisotopic (exact) mass is 572 g/mol. The van der Waals surface area contributed by atoms with Crippen molar-refractivity contribution in [1.29, 1.82) is 0 Å². The van der Waals surface area contributed by atoms with Gasteiger partial charge in [-0.05, 0) is 60.0 Å². The van der Waals surface area contributed by atoms with E-state index in [0.29, 0.717) is 21.0 Å². The molecular formula is C32H27ClNO3S2+. The summed E-state index contributed by atoms with van der Waals surface area (Å²) in [5.41, 5.74) is 4.52. The first-order valence-corrected chi connectivity index (χ1v) is 14.8. The molecule has 4 nitrogen and oxygen atoms in total. The predicted octanol–water partition coefficient (Wildman–Crippen LogP) is 7.77. The number of ether oxygens (including phenoxy) is 1. The van der Waals surface area contributed by atoms with Gasteiger partial charge in [0.05, 0.1) is 23.5 Å². The van der Waals surface area contributed by atoms with Crippen LogP contribution in [-0.4, -0.2) is 18.4 Å². The Labute approximate surface area is 241 Å². The number of thiophene rings is 1. The van der Waals surface area contributed by atoms with E-state index in [1.54, 1.807) is 43.0 Å². The quantitative estimate of drug-likeness (QED) is 0.0783. The Hall–Kier alpha value is -3.45. The van der Waals surface area contributed by atoms with Gasteiger partial charge in [-0.25, -0.2) is 0 Å². The lowest BCUT2D eigenvalue weighted by molar-refractivity contribution is -0.598. The molecule has 196 valence electrons. The molecule has 2 heterocycles. The molecule has 2 aromatic heterocycles. The first kappa shape index (κ1) is 27.1. The largest absolute Gasteiger partial charge is 0.466 e. The maximum absolute atomic E-state index is 13.8. The number of hydrogen-bond donors (Lipinski definition) is 0. The van der Waals surface area contributed by atoms with Crippen LogP contribution in [0.4, 0.5) is 0 Å². The van der Waals surface area contributed by atoms with Crippen molar-refractivity contribution < 1.29 is 18.9 Å². The second-order valence-corrected chi connectivity index (χ2v) is 11.7. The highest BCUT2D eigenvalue weighted by Crippen LogP contribution is 2.41. The van der Waals surface area contributed by atoms with Crippen LogP contribution >= 0.6 is 34.7 Å². The molecule has 0 N–H and O–H groups in total. The van der Waals surface area contributed by atoms with Crippen molar-refractivity contribution in [2.75, 3.05) is 6.61 Å². The number of ketones is 1. The molecule has 39 heavy (non-hydrogen) atoms. The Bertz CT molecular complexity index is 1650. The fourth-order valence-electron chi connectivity index (χ4n) is 4.55. The van der Waals surface area contributed by atoms with Gasteiger partial charge in [-0.2, -0.15) is 4.57 Å². The maximum Gasteiger partial charge on any atom is 0.310 e. The third-order valence-electron chi connectivity index (χ3n) is 6.48. The van der Waals surface area contributed by atoms with Crippen LogP contribution in [0.15, 0.2) is 95.5 Å². The number of carbonyl (C=O) groups excluding carboxylic acids is 2. The first-order valence-electron chi connectivity index (χ1n) is 12.6. The second kappa shape index (κ2) is 12.2. The summed E-state index contributed by atoms with van der Waals surface area (Å²) in [4.78, 5) is 27.1. The molecule has 0 saturated heterocycles. The van der Waals surface area contributed by atoms with Gasteiger partial charge in [0.15, 0.2) is 12.4 Å². The van der Waals surface area contributed by atoms with Crippen LogP contribution in [0.2, 0.25) is 5.02 Å². The van der Waals surface area contributed by atoms with Crippen LogP contribution in [0.1, 0.15) is 38.8 Å². The van der Waals surface area contributed by atoms with Crippen LogP contribution in [0.5, 0.6) is 0 Å². The van der Waals surface area contributed by atoms with Crippen LogP contribution in [0, 0.1) is 6.92 Å². The number of rotatable bonds is 9. The summed E-state index contributed by atoms with van der Waals surface area (Å²) in [5, 5.41) is 2.98. The number of nitrogens with zero attached hydrogens (tertiary/aromatic N) is 1. The molecule has 7 heteroatoms. The molecule has 0 aliphatic carbocycles. The number of carbonyl (C=O) groups is 2. The van der Waals surface area contributed by atoms with Crippen molar-refractivity contribution >= 4 is 57.2 Å².